The summed E-state index contributed by atoms with van der Waals surface area (Å²) in [4.78, 5) is 5.42. The quantitative estimate of drug-likeness (QED) is 0.126. The largest absolute Gasteiger partial charge is 0.458 e. The molecule has 4 nitrogen and oxygen atoms in total. The normalized spacial score (nSPS) is 13.0. The van der Waals surface area contributed by atoms with Crippen molar-refractivity contribution in [1.29, 1.82) is 0 Å². The number of hydrogen-bond acceptors (Lipinski definition) is 3. The number of aromatic nitrogens is 1. The second-order valence-corrected chi connectivity index (χ2v) is 15.4. The molecule has 0 aliphatic carbocycles. The molecule has 0 radical (unpaired) electrons. The van der Waals surface area contributed by atoms with Crippen molar-refractivity contribution in [2.24, 2.45) is 4.99 Å². The van der Waals surface area contributed by atoms with Crippen molar-refractivity contribution in [2.75, 3.05) is 0 Å². The molecule has 58 heavy (non-hydrogen) atoms. The minimum absolute atomic E-state index is 0.0204. The first-order chi connectivity index (χ1) is 28.6. The van der Waals surface area contributed by atoms with Crippen LogP contribution in [0.3, 0.4) is 0 Å². The first kappa shape index (κ1) is 32.8. The van der Waals surface area contributed by atoms with Crippen LogP contribution in [0.15, 0.2) is 190 Å². The average molecular weight is 745 g/mol. The van der Waals surface area contributed by atoms with Crippen LogP contribution in [0.4, 0.5) is 5.69 Å². The SMILES string of the molecule is CC(=Nc1c(C(C)c2ccccc2)oc2cccc(-c3cccc4oc5ccc(-n6c7cccc8c9ccccc9c9cccc6c9c87)cc5c34)c12)c1ccccc1. The van der Waals surface area contributed by atoms with E-state index in [0.29, 0.717) is 0 Å². The molecule has 3 aromatic heterocycles. The zero-order valence-corrected chi connectivity index (χ0v) is 32.0. The minimum Gasteiger partial charge on any atom is -0.458 e. The molecule has 9 aromatic carbocycles. The highest BCUT2D eigenvalue weighted by Gasteiger charge is 2.26. The molecule has 0 aliphatic heterocycles. The lowest BCUT2D eigenvalue weighted by Crippen LogP contribution is -1.97. The second-order valence-electron chi connectivity index (χ2n) is 15.4. The van der Waals surface area contributed by atoms with Crippen molar-refractivity contribution in [2.45, 2.75) is 19.8 Å². The van der Waals surface area contributed by atoms with E-state index < -0.39 is 0 Å². The number of rotatable bonds is 6. The maximum atomic E-state index is 6.86. The Hall–Kier alpha value is -7.43. The molecule has 3 heterocycles. The molecule has 12 aromatic rings. The van der Waals surface area contributed by atoms with Gasteiger partial charge in [0.1, 0.15) is 28.2 Å². The summed E-state index contributed by atoms with van der Waals surface area (Å²) in [5, 5.41) is 10.9. The van der Waals surface area contributed by atoms with Crippen molar-refractivity contribution >= 4 is 87.7 Å². The third-order valence-electron chi connectivity index (χ3n) is 12.2. The van der Waals surface area contributed by atoms with E-state index in [4.69, 9.17) is 13.8 Å². The fourth-order valence-electron chi connectivity index (χ4n) is 9.55. The molecule has 0 amide bonds. The van der Waals surface area contributed by atoms with Gasteiger partial charge in [0.2, 0.25) is 0 Å². The van der Waals surface area contributed by atoms with E-state index in [2.05, 4.69) is 188 Å². The fraction of sp³-hybridized carbons (Fsp3) is 0.0556. The van der Waals surface area contributed by atoms with E-state index in [9.17, 15) is 0 Å². The van der Waals surface area contributed by atoms with Crippen molar-refractivity contribution < 1.29 is 8.83 Å². The van der Waals surface area contributed by atoms with Crippen LogP contribution < -0.4 is 0 Å². The van der Waals surface area contributed by atoms with Gasteiger partial charge in [-0.2, -0.15) is 0 Å². The van der Waals surface area contributed by atoms with Crippen molar-refractivity contribution in [3.8, 4) is 16.8 Å². The highest BCUT2D eigenvalue weighted by molar-refractivity contribution is 6.34. The van der Waals surface area contributed by atoms with Crippen molar-refractivity contribution in [3.05, 3.63) is 193 Å². The predicted molar refractivity (Wildman–Crippen MR) is 242 cm³/mol. The van der Waals surface area contributed by atoms with E-state index in [1.54, 1.807) is 0 Å². The lowest BCUT2D eigenvalue weighted by Gasteiger charge is -2.11. The summed E-state index contributed by atoms with van der Waals surface area (Å²) in [6.45, 7) is 4.29. The van der Waals surface area contributed by atoms with Crippen LogP contribution in [0, 0.1) is 0 Å². The second kappa shape index (κ2) is 12.5. The standard InChI is InChI=1S/C54H36N2O2/c1-32(34-15-5-3-6-16-34)54-53(55-33(2)35-17-7-4-8-18-35)52-42(24-14-28-48(52)58-54)41-23-13-27-47-49(41)43-31-36(29-30-46(43)57-47)56-44-25-11-21-39-37-19-9-10-20-38(37)40-22-12-26-45(56)51(40)50(39)44/h3-32H,1-2H3. The van der Waals surface area contributed by atoms with E-state index in [0.717, 1.165) is 72.4 Å². The summed E-state index contributed by atoms with van der Waals surface area (Å²) < 4.78 is 15.9. The predicted octanol–water partition coefficient (Wildman–Crippen LogP) is 15.1. The molecule has 1 unspecified atom stereocenters. The molecule has 0 fully saturated rings. The monoisotopic (exact) mass is 744 g/mol. The topological polar surface area (TPSA) is 43.6 Å². The summed E-state index contributed by atoms with van der Waals surface area (Å²) in [7, 11) is 0. The number of aliphatic imine (C=N–C) groups is 1. The van der Waals surface area contributed by atoms with Gasteiger partial charge in [0.15, 0.2) is 0 Å². The molecule has 12 rings (SSSR count). The van der Waals surface area contributed by atoms with Crippen LogP contribution >= 0.6 is 0 Å². The maximum absolute atomic E-state index is 6.86. The van der Waals surface area contributed by atoms with Crippen molar-refractivity contribution in [3.63, 3.8) is 0 Å². The lowest BCUT2D eigenvalue weighted by atomic mass is 9.93. The summed E-state index contributed by atoms with van der Waals surface area (Å²) in [5.74, 6) is 0.827. The number of hydrogen-bond donors (Lipinski definition) is 0. The summed E-state index contributed by atoms with van der Waals surface area (Å²) in [6, 6.07) is 62.5. The van der Waals surface area contributed by atoms with E-state index in [1.807, 2.05) is 6.07 Å². The van der Waals surface area contributed by atoms with Crippen LogP contribution in [-0.4, -0.2) is 10.3 Å². The number of nitrogens with zero attached hydrogens (tertiary/aromatic N) is 2. The van der Waals surface area contributed by atoms with Crippen LogP contribution in [-0.2, 0) is 0 Å². The molecule has 0 saturated carbocycles. The molecule has 4 heteroatoms. The Labute approximate surface area is 334 Å². The average Bonchev–Trinajstić information content (AvgIpc) is 3.96. The first-order valence-electron chi connectivity index (χ1n) is 20.0. The molecule has 0 aliphatic rings. The zero-order valence-electron chi connectivity index (χ0n) is 32.0. The smallest absolute Gasteiger partial charge is 0.138 e. The van der Waals surface area contributed by atoms with Crippen LogP contribution in [0.1, 0.15) is 36.7 Å². The molecule has 0 bridgehead atoms. The third-order valence-corrected chi connectivity index (χ3v) is 12.2. The Balaban J connectivity index is 1.12. The zero-order chi connectivity index (χ0) is 38.5. The fourth-order valence-corrected chi connectivity index (χ4v) is 9.55. The number of benzene rings is 9. The highest BCUT2D eigenvalue weighted by atomic mass is 16.3. The van der Waals surface area contributed by atoms with Gasteiger partial charge in [0, 0.05) is 38.9 Å². The Morgan fingerprint density at radius 3 is 1.72 bits per heavy atom. The molecule has 0 saturated heterocycles. The van der Waals surface area contributed by atoms with Gasteiger partial charge in [0.25, 0.3) is 0 Å². The van der Waals surface area contributed by atoms with Gasteiger partial charge >= 0.3 is 0 Å². The van der Waals surface area contributed by atoms with Gasteiger partial charge in [-0.25, -0.2) is 4.99 Å². The number of furan rings is 2. The van der Waals surface area contributed by atoms with Crippen LogP contribution in [0.2, 0.25) is 0 Å². The molecular formula is C54H36N2O2. The van der Waals surface area contributed by atoms with Gasteiger partial charge in [-0.15, -0.1) is 0 Å². The van der Waals surface area contributed by atoms with Crippen molar-refractivity contribution in [1.82, 2.24) is 4.57 Å². The third kappa shape index (κ3) is 4.72. The molecular weight excluding hydrogens is 709 g/mol. The Morgan fingerprint density at radius 2 is 1.05 bits per heavy atom. The van der Waals surface area contributed by atoms with Crippen LogP contribution in [0.5, 0.6) is 0 Å². The minimum atomic E-state index is -0.0204. The number of fused-ring (bicyclic) bond motifs is 7. The molecule has 274 valence electrons. The van der Waals surface area contributed by atoms with Gasteiger partial charge < -0.3 is 13.4 Å². The maximum Gasteiger partial charge on any atom is 0.138 e. The van der Waals surface area contributed by atoms with Gasteiger partial charge in [-0.3, -0.25) is 0 Å². The Bertz CT molecular complexity index is 3500. The Morgan fingerprint density at radius 1 is 0.483 bits per heavy atom. The van der Waals surface area contributed by atoms with Gasteiger partial charge in [-0.1, -0.05) is 140 Å². The van der Waals surface area contributed by atoms with E-state index in [-0.39, 0.29) is 5.92 Å². The molecule has 0 N–H and O–H groups in total. The molecule has 1 atom stereocenters. The van der Waals surface area contributed by atoms with Gasteiger partial charge in [0.05, 0.1) is 16.4 Å². The summed E-state index contributed by atoms with van der Waals surface area (Å²) >= 11 is 0. The lowest BCUT2D eigenvalue weighted by molar-refractivity contribution is 0.534. The summed E-state index contributed by atoms with van der Waals surface area (Å²) in [6.07, 6.45) is 0. The molecule has 0 spiro atoms. The van der Waals surface area contributed by atoms with Gasteiger partial charge in [-0.05, 0) is 93.2 Å². The van der Waals surface area contributed by atoms with E-state index in [1.165, 1.54) is 48.9 Å². The summed E-state index contributed by atoms with van der Waals surface area (Å²) in [5.41, 5.74) is 12.2. The highest BCUT2D eigenvalue weighted by Crippen LogP contribution is 2.48. The van der Waals surface area contributed by atoms with Crippen LogP contribution in [0.25, 0.3) is 93.1 Å². The van der Waals surface area contributed by atoms with E-state index >= 15 is 0 Å². The first-order valence-corrected chi connectivity index (χ1v) is 20.0. The Kier molecular flexibility index (Phi) is 7.09.